The molecule has 0 aliphatic carbocycles. The van der Waals surface area contributed by atoms with Crippen LogP contribution in [0.4, 0.5) is 0 Å². The summed E-state index contributed by atoms with van der Waals surface area (Å²) in [5.74, 6) is -0.356. The van der Waals surface area contributed by atoms with E-state index in [1.165, 1.54) is 0 Å². The number of carbonyl (C=O) groups excluding carboxylic acids is 2. The molecule has 1 heterocycles. The van der Waals surface area contributed by atoms with Crippen LogP contribution in [0, 0.1) is 5.92 Å². The van der Waals surface area contributed by atoms with Crippen LogP contribution in [0.2, 0.25) is 0 Å². The molecule has 1 atom stereocenters. The van der Waals surface area contributed by atoms with Gasteiger partial charge in [-0.1, -0.05) is 25.5 Å². The van der Waals surface area contributed by atoms with Gasteiger partial charge in [0.2, 0.25) is 0 Å². The van der Waals surface area contributed by atoms with Crippen molar-refractivity contribution in [2.45, 2.75) is 26.2 Å². The van der Waals surface area contributed by atoms with E-state index in [0.29, 0.717) is 13.0 Å². The molecule has 102 valence electrons. The maximum atomic E-state index is 11.5. The van der Waals surface area contributed by atoms with E-state index in [1.54, 1.807) is 0 Å². The number of carbonyl (C=O) groups is 2. The van der Waals surface area contributed by atoms with Crippen LogP contribution < -0.4 is 4.74 Å². The van der Waals surface area contributed by atoms with E-state index >= 15 is 0 Å². The Morgan fingerprint density at radius 2 is 2.00 bits per heavy atom. The lowest BCUT2D eigenvalue weighted by atomic mass is 9.97. The smallest absolute Gasteiger partial charge is 0.317 e. The maximum absolute atomic E-state index is 11.5. The van der Waals surface area contributed by atoms with Crippen LogP contribution >= 0.6 is 0 Å². The Balaban J connectivity index is 1.91. The zero-order valence-corrected chi connectivity index (χ0v) is 11.1. The molecular weight excluding hydrogens is 244 g/mol. The van der Waals surface area contributed by atoms with Crippen LogP contribution in [-0.2, 0) is 20.7 Å². The van der Waals surface area contributed by atoms with Gasteiger partial charge in [0.25, 0.3) is 0 Å². The summed E-state index contributed by atoms with van der Waals surface area (Å²) in [4.78, 5) is 22.8. The van der Waals surface area contributed by atoms with Crippen LogP contribution in [0.25, 0.3) is 0 Å². The van der Waals surface area contributed by atoms with Crippen molar-refractivity contribution in [3.63, 3.8) is 0 Å². The summed E-state index contributed by atoms with van der Waals surface area (Å²) in [6.45, 7) is 2.75. The Kier molecular flexibility index (Phi) is 4.55. The zero-order valence-electron chi connectivity index (χ0n) is 11.1. The van der Waals surface area contributed by atoms with Gasteiger partial charge in [-0.25, -0.2) is 0 Å². The predicted octanol–water partition coefficient (Wildman–Crippen LogP) is 2.15. The minimum absolute atomic E-state index is 0.0816. The number of ether oxygens (including phenoxy) is 2. The van der Waals surface area contributed by atoms with E-state index in [2.05, 4.69) is 6.92 Å². The van der Waals surface area contributed by atoms with Crippen molar-refractivity contribution in [2.24, 2.45) is 5.92 Å². The summed E-state index contributed by atoms with van der Waals surface area (Å²) >= 11 is 0. The lowest BCUT2D eigenvalue weighted by molar-refractivity contribution is -0.141. The first-order valence-electron chi connectivity index (χ1n) is 6.62. The Morgan fingerprint density at radius 1 is 1.26 bits per heavy atom. The Morgan fingerprint density at radius 3 is 2.58 bits per heavy atom. The third-order valence-corrected chi connectivity index (χ3v) is 3.16. The predicted molar refractivity (Wildman–Crippen MR) is 70.0 cm³/mol. The fraction of sp³-hybridized carbons (Fsp3) is 0.467. The summed E-state index contributed by atoms with van der Waals surface area (Å²) in [5.41, 5.74) is 0.944. The summed E-state index contributed by atoms with van der Waals surface area (Å²) in [6, 6.07) is 7.52. The van der Waals surface area contributed by atoms with Crippen LogP contribution in [0.1, 0.15) is 25.3 Å². The van der Waals surface area contributed by atoms with Gasteiger partial charge in [0.15, 0.2) is 12.4 Å². The van der Waals surface area contributed by atoms with Crippen LogP contribution in [-0.4, -0.2) is 25.0 Å². The van der Waals surface area contributed by atoms with Gasteiger partial charge >= 0.3 is 5.97 Å². The number of rotatable bonds is 6. The molecule has 0 amide bonds. The number of unbranched alkanes of at least 4 members (excludes halogenated alkanes) is 1. The molecule has 19 heavy (non-hydrogen) atoms. The quantitative estimate of drug-likeness (QED) is 0.448. The highest BCUT2D eigenvalue weighted by Crippen LogP contribution is 2.19. The number of Topliss-reactive ketones (excluding diaryl/α,β-unsaturated/α-hetero) is 1. The molecule has 0 N–H and O–H groups in total. The van der Waals surface area contributed by atoms with E-state index in [0.717, 1.165) is 24.2 Å². The summed E-state index contributed by atoms with van der Waals surface area (Å²) < 4.78 is 10.3. The second-order valence-corrected chi connectivity index (χ2v) is 4.68. The van der Waals surface area contributed by atoms with Gasteiger partial charge in [-0.2, -0.15) is 0 Å². The molecule has 0 spiro atoms. The highest BCUT2D eigenvalue weighted by molar-refractivity contribution is 6.04. The van der Waals surface area contributed by atoms with E-state index in [4.69, 9.17) is 9.47 Å². The first kappa shape index (κ1) is 13.6. The molecular formula is C15H18O4. The van der Waals surface area contributed by atoms with E-state index < -0.39 is 11.9 Å². The normalized spacial score (nSPS) is 18.5. The first-order chi connectivity index (χ1) is 9.20. The second kappa shape index (κ2) is 6.36. The number of cyclic esters (lactones) is 1. The number of benzene rings is 1. The molecule has 1 aliphatic rings. The van der Waals surface area contributed by atoms with Crippen molar-refractivity contribution in [1.29, 1.82) is 0 Å². The standard InChI is InChI=1S/C15H18O4/c1-2-3-8-18-12-6-4-11(5-7-12)9-13-14(16)10-19-15(13)17/h4-7,13H,2-3,8-10H2,1H3. The minimum Gasteiger partial charge on any atom is -0.494 e. The van der Waals surface area contributed by atoms with E-state index in [1.807, 2.05) is 24.3 Å². The van der Waals surface area contributed by atoms with Gasteiger partial charge < -0.3 is 9.47 Å². The molecule has 2 rings (SSSR count). The van der Waals surface area contributed by atoms with Gasteiger partial charge in [-0.05, 0) is 30.5 Å². The fourth-order valence-electron chi connectivity index (χ4n) is 1.96. The van der Waals surface area contributed by atoms with Crippen molar-refractivity contribution >= 4 is 11.8 Å². The van der Waals surface area contributed by atoms with Gasteiger partial charge in [0.05, 0.1) is 6.61 Å². The third kappa shape index (κ3) is 3.56. The van der Waals surface area contributed by atoms with Crippen LogP contribution in [0.3, 0.4) is 0 Å². The number of ketones is 1. The highest BCUT2D eigenvalue weighted by atomic mass is 16.5. The fourth-order valence-corrected chi connectivity index (χ4v) is 1.96. The zero-order chi connectivity index (χ0) is 13.7. The summed E-state index contributed by atoms with van der Waals surface area (Å²) in [7, 11) is 0. The monoisotopic (exact) mass is 262 g/mol. The molecule has 0 aromatic heterocycles. The number of hydrogen-bond acceptors (Lipinski definition) is 4. The lowest BCUT2D eigenvalue weighted by Gasteiger charge is -2.07. The molecule has 0 saturated carbocycles. The molecule has 4 nitrogen and oxygen atoms in total. The van der Waals surface area contributed by atoms with Gasteiger partial charge in [0.1, 0.15) is 11.7 Å². The molecule has 1 unspecified atom stereocenters. The topological polar surface area (TPSA) is 52.6 Å². The third-order valence-electron chi connectivity index (χ3n) is 3.16. The lowest BCUT2D eigenvalue weighted by Crippen LogP contribution is -2.18. The van der Waals surface area contributed by atoms with Gasteiger partial charge in [-0.15, -0.1) is 0 Å². The van der Waals surface area contributed by atoms with Crippen molar-refractivity contribution in [2.75, 3.05) is 13.2 Å². The number of esters is 1. The molecule has 1 saturated heterocycles. The summed E-state index contributed by atoms with van der Waals surface area (Å²) in [5, 5.41) is 0. The van der Waals surface area contributed by atoms with Crippen LogP contribution in [0.5, 0.6) is 5.75 Å². The molecule has 1 aliphatic heterocycles. The molecule has 1 aromatic rings. The first-order valence-corrected chi connectivity index (χ1v) is 6.62. The van der Waals surface area contributed by atoms with Crippen molar-refractivity contribution in [3.05, 3.63) is 29.8 Å². The van der Waals surface area contributed by atoms with Crippen molar-refractivity contribution < 1.29 is 19.1 Å². The maximum Gasteiger partial charge on any atom is 0.317 e. The largest absolute Gasteiger partial charge is 0.494 e. The molecule has 0 bridgehead atoms. The Bertz CT molecular complexity index is 434. The average molecular weight is 262 g/mol. The van der Waals surface area contributed by atoms with Crippen molar-refractivity contribution in [1.82, 2.24) is 0 Å². The SMILES string of the molecule is CCCCOc1ccc(CC2C(=O)COC2=O)cc1. The molecule has 4 heteroatoms. The Hall–Kier alpha value is -1.84. The Labute approximate surface area is 112 Å². The van der Waals surface area contributed by atoms with Crippen molar-refractivity contribution in [3.8, 4) is 5.75 Å². The average Bonchev–Trinajstić information content (AvgIpc) is 2.73. The molecule has 0 radical (unpaired) electrons. The summed E-state index contributed by atoms with van der Waals surface area (Å²) in [6.07, 6.45) is 2.54. The molecule has 1 aromatic carbocycles. The minimum atomic E-state index is -0.633. The number of hydrogen-bond donors (Lipinski definition) is 0. The van der Waals surface area contributed by atoms with Gasteiger partial charge in [0, 0.05) is 0 Å². The molecule has 1 fully saturated rings. The van der Waals surface area contributed by atoms with E-state index in [9.17, 15) is 9.59 Å². The van der Waals surface area contributed by atoms with E-state index in [-0.39, 0.29) is 12.4 Å². The second-order valence-electron chi connectivity index (χ2n) is 4.68. The highest BCUT2D eigenvalue weighted by Gasteiger charge is 2.34. The van der Waals surface area contributed by atoms with Gasteiger partial charge in [-0.3, -0.25) is 9.59 Å². The van der Waals surface area contributed by atoms with Crippen LogP contribution in [0.15, 0.2) is 24.3 Å².